The van der Waals surface area contributed by atoms with Crippen LogP contribution in [0.2, 0.25) is 0 Å². The summed E-state index contributed by atoms with van der Waals surface area (Å²) < 4.78 is 68.4. The number of hydrogen-bond donors (Lipinski definition) is 0. The van der Waals surface area contributed by atoms with Gasteiger partial charge in [-0.3, -0.25) is 14.7 Å². The number of nitriles is 2. The molecule has 2 aromatic carbocycles. The highest BCUT2D eigenvalue weighted by atomic mass is 32.2. The fourth-order valence-corrected chi connectivity index (χ4v) is 19.1. The molecule has 7 saturated heterocycles. The molecule has 1 unspecified atom stereocenters. The fourth-order valence-electron chi connectivity index (χ4n) is 17.0. The van der Waals surface area contributed by atoms with E-state index in [1.54, 1.807) is 10.6 Å². The summed E-state index contributed by atoms with van der Waals surface area (Å²) in [4.78, 5) is 22.8. The quantitative estimate of drug-likeness (QED) is 0.131. The average molecular weight is 1620 g/mol. The maximum absolute atomic E-state index is 11.3. The highest BCUT2D eigenvalue weighted by Gasteiger charge is 2.35. The molecule has 20 heteroatoms. The van der Waals surface area contributed by atoms with Crippen LogP contribution in [0.1, 0.15) is 257 Å². The third-order valence-corrected chi connectivity index (χ3v) is 28.7. The first kappa shape index (κ1) is 100. The number of aromatic nitrogens is 2. The molecule has 0 saturated carbocycles. The summed E-state index contributed by atoms with van der Waals surface area (Å²) >= 11 is 0. The van der Waals surface area contributed by atoms with Crippen molar-refractivity contribution >= 4 is 29.7 Å². The van der Waals surface area contributed by atoms with Crippen LogP contribution < -0.4 is 0 Å². The minimum atomic E-state index is -2.96. The molecule has 0 radical (unpaired) electrons. The number of nitrogens with zero attached hydrogens (tertiary/aromatic N) is 11. The van der Waals surface area contributed by atoms with E-state index in [-0.39, 0.29) is 0 Å². The first-order chi connectivity index (χ1) is 51.9. The Hall–Kier alpha value is -3.93. The molecular weight excluding hydrogens is 1450 g/mol. The van der Waals surface area contributed by atoms with Gasteiger partial charge < -0.3 is 14.7 Å². The van der Waals surface area contributed by atoms with E-state index >= 15 is 0 Å². The minimum Gasteiger partial charge on any atom is -0.302 e. The van der Waals surface area contributed by atoms with Crippen molar-refractivity contribution < 1.29 is 25.3 Å². The number of rotatable bonds is 16. The lowest BCUT2D eigenvalue weighted by Crippen LogP contribution is -2.42. The molecule has 7 aliphatic heterocycles. The Morgan fingerprint density at radius 3 is 1.06 bits per heavy atom. The zero-order valence-electron chi connectivity index (χ0n) is 75.3. The van der Waals surface area contributed by atoms with Crippen molar-refractivity contribution in [3.05, 3.63) is 95.6 Å². The van der Waals surface area contributed by atoms with Crippen LogP contribution in [0.4, 0.5) is 0 Å². The smallest absolute Gasteiger partial charge is 0.211 e. The van der Waals surface area contributed by atoms with Crippen molar-refractivity contribution in [1.82, 2.24) is 43.7 Å². The number of likely N-dealkylation sites (tertiary alicyclic amines) is 6. The van der Waals surface area contributed by atoms with Gasteiger partial charge in [0, 0.05) is 95.8 Å². The van der Waals surface area contributed by atoms with E-state index in [0.29, 0.717) is 88.4 Å². The van der Waals surface area contributed by atoms with Crippen LogP contribution >= 0.6 is 0 Å². The molecule has 3 aromatic rings. The van der Waals surface area contributed by atoms with Gasteiger partial charge in [0.05, 0.1) is 35.5 Å². The van der Waals surface area contributed by atoms with Gasteiger partial charge in [-0.2, -0.15) is 10.5 Å². The van der Waals surface area contributed by atoms with E-state index in [1.807, 2.05) is 24.5 Å². The Labute approximate surface area is 688 Å². The summed E-state index contributed by atoms with van der Waals surface area (Å²) in [7, 11) is -8.57. The molecule has 0 N–H and O–H groups in total. The van der Waals surface area contributed by atoms with Gasteiger partial charge in [-0.15, -0.1) is 0 Å². The molecule has 17 nitrogen and oxygen atoms in total. The lowest BCUT2D eigenvalue weighted by Gasteiger charge is -2.39. The van der Waals surface area contributed by atoms with E-state index in [0.717, 1.165) is 106 Å². The summed E-state index contributed by atoms with van der Waals surface area (Å²) in [5.41, 5.74) is 7.22. The predicted molar refractivity (Wildman–Crippen MR) is 471 cm³/mol. The third-order valence-electron chi connectivity index (χ3n) is 25.6. The number of hydrogen-bond acceptors (Lipinski definition) is 16. The van der Waals surface area contributed by atoms with Crippen LogP contribution in [-0.4, -0.2) is 210 Å². The number of sulfone groups is 2. The molecule has 1 atom stereocenters. The predicted octanol–water partition coefficient (Wildman–Crippen LogP) is 18.0. The number of piperidine rings is 7. The van der Waals surface area contributed by atoms with Gasteiger partial charge in [0.1, 0.15) is 26.0 Å². The molecule has 640 valence electrons. The standard InChI is InChI=1S/C17H24N2.C16H25N.C14H23N3.C12H22N2.C12H25NO2S.C11H23NO2S.C10H21NO2S/c1-17(2,3)16-8-10-19(11-9-16)13-15-6-4-14(12-18)5-7-15;1-16(2,3)15-9-11-17(12-10-15)13-14-7-5-4-6-8-14;1-14(2,3)13-4-6-17(7-5-13)10-12-8-15-11-16-9-12;1-12(2,3)11-5-9-14(10-6-11)8-4-7-13;1-12(2,3)11-6-5-7-13(10-11)8-9-16(4,14)15;1-10(2)11-4-6-12(7-5-11)8-9-15(3,13)14;1-10(2,3)9-5-7-11(8-6-9)14(4,12)13/h4-7,16H,8-11,13H2,1-3H3;4-8,15H,9-13H2,1-3H3;8-9,11,13H,4-7,10H2,1-3H3;11H,4-6,8-10H2,1-3H3;11H,5-10H2,1-4H3;10-11H,4-9H2,1-3H3;9H,5-8H2,1-4H3. The Morgan fingerprint density at radius 2 is 0.723 bits per heavy atom. The fraction of sp³-hybridized carbons (Fsp3) is 0.804. The summed E-state index contributed by atoms with van der Waals surface area (Å²) in [6.07, 6.45) is 27.5. The minimum absolute atomic E-state index is 0.295. The zero-order chi connectivity index (χ0) is 83.9. The van der Waals surface area contributed by atoms with Crippen LogP contribution in [0.5, 0.6) is 0 Å². The number of benzene rings is 2. The van der Waals surface area contributed by atoms with Crippen molar-refractivity contribution in [3.63, 3.8) is 0 Å². The second-order valence-electron chi connectivity index (χ2n) is 41.2. The molecular formula is C92H163N11O6S3. The Morgan fingerprint density at radius 1 is 0.393 bits per heavy atom. The van der Waals surface area contributed by atoms with Crippen LogP contribution in [-0.2, 0) is 49.3 Å². The molecule has 0 amide bonds. The molecule has 7 fully saturated rings. The van der Waals surface area contributed by atoms with E-state index in [1.165, 1.54) is 165 Å². The van der Waals surface area contributed by atoms with Gasteiger partial charge >= 0.3 is 0 Å². The second-order valence-corrected chi connectivity index (χ2v) is 47.7. The number of sulfonamides is 1. The molecule has 10 rings (SSSR count). The molecule has 112 heavy (non-hydrogen) atoms. The Balaban J connectivity index is 0.000000276. The maximum atomic E-state index is 11.3. The molecule has 0 aliphatic carbocycles. The maximum Gasteiger partial charge on any atom is 0.211 e. The van der Waals surface area contributed by atoms with Crippen molar-refractivity contribution in [3.8, 4) is 12.1 Å². The van der Waals surface area contributed by atoms with Crippen LogP contribution in [0.3, 0.4) is 0 Å². The van der Waals surface area contributed by atoms with Crippen molar-refractivity contribution in [2.45, 2.75) is 254 Å². The van der Waals surface area contributed by atoms with Crippen molar-refractivity contribution in [2.24, 2.45) is 79.8 Å². The van der Waals surface area contributed by atoms with Crippen LogP contribution in [0.15, 0.2) is 73.3 Å². The zero-order valence-corrected chi connectivity index (χ0v) is 77.8. The Kier molecular flexibility index (Phi) is 42.2. The molecule has 7 aliphatic rings. The first-order valence-electron chi connectivity index (χ1n) is 43.2. The summed E-state index contributed by atoms with van der Waals surface area (Å²) in [6.45, 7) is 67.2. The monoisotopic (exact) mass is 1610 g/mol. The van der Waals surface area contributed by atoms with E-state index in [9.17, 15) is 25.3 Å². The van der Waals surface area contributed by atoms with Crippen LogP contribution in [0.25, 0.3) is 0 Å². The summed E-state index contributed by atoms with van der Waals surface area (Å²) in [5, 5.41) is 17.3. The molecule has 8 heterocycles. The van der Waals surface area contributed by atoms with E-state index in [4.69, 9.17) is 10.5 Å². The summed E-state index contributed by atoms with van der Waals surface area (Å²) in [6, 6.07) is 23.2. The molecule has 0 bridgehead atoms. The molecule has 0 spiro atoms. The highest BCUT2D eigenvalue weighted by Crippen LogP contribution is 2.40. The van der Waals surface area contributed by atoms with Gasteiger partial charge in [-0.05, 0) is 265 Å². The van der Waals surface area contributed by atoms with Crippen molar-refractivity contribution in [1.29, 1.82) is 10.5 Å². The second kappa shape index (κ2) is 47.0. The summed E-state index contributed by atoms with van der Waals surface area (Å²) in [5.74, 6) is 7.03. The molecule has 1 aromatic heterocycles. The van der Waals surface area contributed by atoms with Gasteiger partial charge in [0.15, 0.2) is 0 Å². The van der Waals surface area contributed by atoms with Crippen LogP contribution in [0, 0.1) is 102 Å². The van der Waals surface area contributed by atoms with E-state index in [2.05, 4.69) is 232 Å². The third kappa shape index (κ3) is 41.5. The van der Waals surface area contributed by atoms with Gasteiger partial charge in [-0.1, -0.05) is 181 Å². The topological polar surface area (TPSA) is 198 Å². The largest absolute Gasteiger partial charge is 0.302 e. The van der Waals surface area contributed by atoms with Gasteiger partial charge in [0.2, 0.25) is 10.0 Å². The first-order valence-corrected chi connectivity index (χ1v) is 49.2. The van der Waals surface area contributed by atoms with E-state index < -0.39 is 29.7 Å². The normalized spacial score (nSPS) is 20.8. The lowest BCUT2D eigenvalue weighted by molar-refractivity contribution is 0.104. The van der Waals surface area contributed by atoms with Gasteiger partial charge in [-0.25, -0.2) is 39.5 Å². The average Bonchev–Trinajstić information content (AvgIpc) is 0.832. The highest BCUT2D eigenvalue weighted by molar-refractivity contribution is 7.91. The van der Waals surface area contributed by atoms with Crippen molar-refractivity contribution in [2.75, 3.05) is 142 Å². The SMILES string of the molecule is CC(C)(C)C1CCCN(CCS(C)(=O)=O)C1.CC(C)(C)C1CCN(CCC#N)CC1.CC(C)(C)C1CCN(Cc2ccc(C#N)cc2)CC1.CC(C)(C)C1CCN(Cc2ccccc2)CC1.CC(C)(C)C1CCN(Cc2cncnc2)CC1.CC(C)(C)C1CCN(S(C)(=O)=O)CC1.CC(C)C1CCN(CCS(C)(=O)=O)CC1. The lowest BCUT2D eigenvalue weighted by atomic mass is 9.75. The Bertz CT molecular complexity index is 3430. The van der Waals surface area contributed by atoms with Gasteiger partial charge in [0.25, 0.3) is 0 Å².